The van der Waals surface area contributed by atoms with Crippen LogP contribution in [-0.4, -0.2) is 28.0 Å². The first-order valence-corrected chi connectivity index (χ1v) is 10.6. The molecule has 0 aromatic heterocycles. The highest BCUT2D eigenvalue weighted by atomic mass is 127. The number of hydrogen-bond acceptors (Lipinski definition) is 3. The highest BCUT2D eigenvalue weighted by Gasteiger charge is 2.10. The third kappa shape index (κ3) is 7.06. The summed E-state index contributed by atoms with van der Waals surface area (Å²) in [5, 5.41) is 6.60. The maximum Gasteiger partial charge on any atom is 0.240 e. The van der Waals surface area contributed by atoms with Crippen molar-refractivity contribution in [3.8, 4) is 0 Å². The minimum Gasteiger partial charge on any atom is -0.357 e. The standard InChI is InChI=1S/C20H28N4O2S.HI/c1-4-17-8-6-7-9-18(17)15-24-20(22-5-2)23-14-16-10-12-19(13-11-16)27(25,26)21-3;/h6-13,21H,4-5,14-15H2,1-3H3,(H2,22,23,24);1H. The number of benzene rings is 2. The van der Waals surface area contributed by atoms with Gasteiger partial charge in [0, 0.05) is 13.1 Å². The van der Waals surface area contributed by atoms with Gasteiger partial charge in [-0.25, -0.2) is 18.1 Å². The molecule has 0 atom stereocenters. The lowest BCUT2D eigenvalue weighted by Gasteiger charge is -2.13. The number of nitrogens with zero attached hydrogens (tertiary/aromatic N) is 1. The lowest BCUT2D eigenvalue weighted by atomic mass is 10.1. The average Bonchev–Trinajstić information content (AvgIpc) is 2.70. The van der Waals surface area contributed by atoms with Crippen molar-refractivity contribution >= 4 is 40.0 Å². The molecule has 0 fully saturated rings. The molecule has 0 saturated heterocycles. The molecular weight excluding hydrogens is 487 g/mol. The maximum atomic E-state index is 11.8. The molecule has 154 valence electrons. The van der Waals surface area contributed by atoms with E-state index in [9.17, 15) is 8.42 Å². The Morgan fingerprint density at radius 3 is 2.18 bits per heavy atom. The zero-order valence-corrected chi connectivity index (χ0v) is 19.7. The van der Waals surface area contributed by atoms with E-state index in [4.69, 9.17) is 0 Å². The summed E-state index contributed by atoms with van der Waals surface area (Å²) in [7, 11) is -2.01. The van der Waals surface area contributed by atoms with Crippen molar-refractivity contribution in [2.45, 2.75) is 38.3 Å². The van der Waals surface area contributed by atoms with Crippen LogP contribution in [0.4, 0.5) is 0 Å². The number of nitrogens with one attached hydrogen (secondary N) is 3. The summed E-state index contributed by atoms with van der Waals surface area (Å²) in [5.41, 5.74) is 3.52. The van der Waals surface area contributed by atoms with Gasteiger partial charge in [0.15, 0.2) is 5.96 Å². The van der Waals surface area contributed by atoms with Gasteiger partial charge in [-0.2, -0.15) is 0 Å². The zero-order chi connectivity index (χ0) is 19.7. The molecule has 0 heterocycles. The van der Waals surface area contributed by atoms with Crippen LogP contribution in [0, 0.1) is 0 Å². The van der Waals surface area contributed by atoms with Gasteiger partial charge in [-0.15, -0.1) is 24.0 Å². The lowest BCUT2D eigenvalue weighted by Crippen LogP contribution is -2.37. The molecule has 28 heavy (non-hydrogen) atoms. The number of aliphatic imine (C=N–C) groups is 1. The largest absolute Gasteiger partial charge is 0.357 e. The normalized spacial score (nSPS) is 11.6. The summed E-state index contributed by atoms with van der Waals surface area (Å²) >= 11 is 0. The lowest BCUT2D eigenvalue weighted by molar-refractivity contribution is 0.588. The quantitative estimate of drug-likeness (QED) is 0.286. The second-order valence-corrected chi connectivity index (χ2v) is 7.91. The average molecular weight is 516 g/mol. The van der Waals surface area contributed by atoms with Gasteiger partial charge < -0.3 is 10.6 Å². The van der Waals surface area contributed by atoms with Crippen molar-refractivity contribution in [3.63, 3.8) is 0 Å². The fraction of sp³-hybridized carbons (Fsp3) is 0.350. The van der Waals surface area contributed by atoms with Crippen LogP contribution in [0.3, 0.4) is 0 Å². The van der Waals surface area contributed by atoms with Crippen LogP contribution in [0.1, 0.15) is 30.5 Å². The van der Waals surface area contributed by atoms with E-state index in [0.29, 0.717) is 13.1 Å². The van der Waals surface area contributed by atoms with Crippen LogP contribution >= 0.6 is 24.0 Å². The molecule has 2 aromatic rings. The predicted molar refractivity (Wildman–Crippen MR) is 126 cm³/mol. The fourth-order valence-corrected chi connectivity index (χ4v) is 3.39. The van der Waals surface area contributed by atoms with E-state index in [-0.39, 0.29) is 28.9 Å². The van der Waals surface area contributed by atoms with Gasteiger partial charge in [0.2, 0.25) is 10.0 Å². The minimum absolute atomic E-state index is 0. The first kappa shape index (κ1) is 24.4. The predicted octanol–water partition coefficient (Wildman–Crippen LogP) is 3.03. The number of guanidine groups is 1. The molecule has 6 nitrogen and oxygen atoms in total. The summed E-state index contributed by atoms with van der Waals surface area (Å²) in [6, 6.07) is 15.1. The highest BCUT2D eigenvalue weighted by Crippen LogP contribution is 2.11. The number of sulfonamides is 1. The van der Waals surface area contributed by atoms with Gasteiger partial charge in [-0.3, -0.25) is 0 Å². The van der Waals surface area contributed by atoms with Gasteiger partial charge in [-0.1, -0.05) is 43.3 Å². The molecule has 0 amide bonds. The van der Waals surface area contributed by atoms with Crippen molar-refractivity contribution < 1.29 is 8.42 Å². The Kier molecular flexibility index (Phi) is 10.5. The Morgan fingerprint density at radius 2 is 1.61 bits per heavy atom. The molecule has 3 N–H and O–H groups in total. The van der Waals surface area contributed by atoms with Crippen LogP contribution < -0.4 is 15.4 Å². The molecule has 0 spiro atoms. The molecule has 0 aliphatic carbocycles. The number of halogens is 1. The van der Waals surface area contributed by atoms with E-state index in [2.05, 4.69) is 45.5 Å². The van der Waals surface area contributed by atoms with Crippen LogP contribution in [0.5, 0.6) is 0 Å². The highest BCUT2D eigenvalue weighted by molar-refractivity contribution is 14.0. The first-order chi connectivity index (χ1) is 13.0. The van der Waals surface area contributed by atoms with Crippen molar-refractivity contribution in [1.82, 2.24) is 15.4 Å². The molecule has 0 aliphatic rings. The molecule has 0 saturated carbocycles. The Labute approximate surface area is 185 Å². The van der Waals surface area contributed by atoms with Gasteiger partial charge >= 0.3 is 0 Å². The van der Waals surface area contributed by atoms with E-state index in [1.54, 1.807) is 24.3 Å². The molecule has 2 aromatic carbocycles. The molecular formula is C20H29IN4O2S. The molecule has 0 aliphatic heterocycles. The number of rotatable bonds is 8. The monoisotopic (exact) mass is 516 g/mol. The third-order valence-corrected chi connectivity index (χ3v) is 5.64. The van der Waals surface area contributed by atoms with Crippen molar-refractivity contribution in [2.24, 2.45) is 4.99 Å². The Bertz CT molecular complexity index is 868. The summed E-state index contributed by atoms with van der Waals surface area (Å²) in [6.45, 7) is 6.10. The molecule has 0 radical (unpaired) electrons. The minimum atomic E-state index is -3.41. The Hall–Kier alpha value is -1.65. The van der Waals surface area contributed by atoms with Crippen LogP contribution in [0.25, 0.3) is 0 Å². The van der Waals surface area contributed by atoms with E-state index in [1.165, 1.54) is 18.2 Å². The summed E-state index contributed by atoms with van der Waals surface area (Å²) in [6.07, 6.45) is 0.993. The van der Waals surface area contributed by atoms with Crippen molar-refractivity contribution in [2.75, 3.05) is 13.6 Å². The molecule has 0 unspecified atom stereocenters. The van der Waals surface area contributed by atoms with Crippen molar-refractivity contribution in [1.29, 1.82) is 0 Å². The number of hydrogen-bond donors (Lipinski definition) is 3. The zero-order valence-electron chi connectivity index (χ0n) is 16.5. The van der Waals surface area contributed by atoms with E-state index >= 15 is 0 Å². The van der Waals surface area contributed by atoms with Gasteiger partial charge in [0.05, 0.1) is 11.4 Å². The SMILES string of the molecule is CCNC(=NCc1ccc(S(=O)(=O)NC)cc1)NCc1ccccc1CC.I. The van der Waals surface area contributed by atoms with Crippen molar-refractivity contribution in [3.05, 3.63) is 65.2 Å². The third-order valence-electron chi connectivity index (χ3n) is 4.21. The second kappa shape index (κ2) is 12.0. The van der Waals surface area contributed by atoms with E-state index in [0.717, 1.165) is 24.5 Å². The van der Waals surface area contributed by atoms with E-state index in [1.807, 2.05) is 13.0 Å². The van der Waals surface area contributed by atoms with Crippen LogP contribution in [-0.2, 0) is 29.5 Å². The van der Waals surface area contributed by atoms with Crippen LogP contribution in [0.2, 0.25) is 0 Å². The van der Waals surface area contributed by atoms with Crippen LogP contribution in [0.15, 0.2) is 58.4 Å². The maximum absolute atomic E-state index is 11.8. The Balaban J connectivity index is 0.00000392. The molecule has 8 heteroatoms. The molecule has 0 bridgehead atoms. The van der Waals surface area contributed by atoms with E-state index < -0.39 is 10.0 Å². The topological polar surface area (TPSA) is 82.6 Å². The second-order valence-electron chi connectivity index (χ2n) is 6.02. The molecule has 2 rings (SSSR count). The smallest absolute Gasteiger partial charge is 0.240 e. The fourth-order valence-electron chi connectivity index (χ4n) is 2.66. The van der Waals surface area contributed by atoms with Gasteiger partial charge in [0.25, 0.3) is 0 Å². The van der Waals surface area contributed by atoms with Gasteiger partial charge in [-0.05, 0) is 49.2 Å². The first-order valence-electron chi connectivity index (χ1n) is 9.11. The van der Waals surface area contributed by atoms with Gasteiger partial charge in [0.1, 0.15) is 0 Å². The Morgan fingerprint density at radius 1 is 0.964 bits per heavy atom. The summed E-state index contributed by atoms with van der Waals surface area (Å²) in [5.74, 6) is 0.732. The number of aryl methyl sites for hydroxylation is 1. The summed E-state index contributed by atoms with van der Waals surface area (Å²) in [4.78, 5) is 4.84. The summed E-state index contributed by atoms with van der Waals surface area (Å²) < 4.78 is 25.9.